The quantitative estimate of drug-likeness (QED) is 0.139. The first-order valence-electron chi connectivity index (χ1n) is 11.3. The number of thioether (sulfide) groups is 1. The van der Waals surface area contributed by atoms with E-state index in [0.717, 1.165) is 38.8 Å². The Morgan fingerprint density at radius 3 is 2.47 bits per heavy atom. The Morgan fingerprint density at radius 2 is 1.75 bits per heavy atom. The van der Waals surface area contributed by atoms with Gasteiger partial charge in [0.15, 0.2) is 0 Å². The molecule has 0 bridgehead atoms. The normalized spacial score (nSPS) is 11.1. The number of carbonyl (C=O) groups excluding carboxylic acids is 1. The zero-order valence-electron chi connectivity index (χ0n) is 19.9. The minimum absolute atomic E-state index is 0.174. The van der Waals surface area contributed by atoms with Crippen LogP contribution in [0.2, 0.25) is 10.0 Å². The van der Waals surface area contributed by atoms with E-state index < -0.39 is 0 Å². The molecule has 4 aromatic rings. The van der Waals surface area contributed by atoms with E-state index in [1.54, 1.807) is 18.3 Å². The Labute approximate surface area is 225 Å². The van der Waals surface area contributed by atoms with Gasteiger partial charge in [0.05, 0.1) is 12.0 Å². The highest BCUT2D eigenvalue weighted by atomic mass is 35.5. The van der Waals surface area contributed by atoms with Gasteiger partial charge in [-0.15, -0.1) is 11.8 Å². The van der Waals surface area contributed by atoms with Crippen LogP contribution in [0.1, 0.15) is 22.5 Å². The number of hydrogen-bond acceptors (Lipinski definition) is 4. The molecule has 1 N–H and O–H groups in total. The molecular formula is C28H25Cl2N3O2S. The number of carbonyl (C=O) groups is 1. The lowest BCUT2D eigenvalue weighted by Crippen LogP contribution is -2.19. The van der Waals surface area contributed by atoms with Gasteiger partial charge >= 0.3 is 0 Å². The second-order valence-electron chi connectivity index (χ2n) is 8.07. The first-order valence-corrected chi connectivity index (χ1v) is 13.0. The van der Waals surface area contributed by atoms with Crippen LogP contribution in [0.3, 0.4) is 0 Å². The molecule has 1 aromatic heterocycles. The molecule has 184 valence electrons. The Balaban J connectivity index is 1.35. The molecule has 0 spiro atoms. The van der Waals surface area contributed by atoms with Crippen molar-refractivity contribution in [1.82, 2.24) is 9.99 Å². The van der Waals surface area contributed by atoms with Crippen molar-refractivity contribution in [2.75, 3.05) is 5.75 Å². The Kier molecular flexibility index (Phi) is 8.75. The molecule has 0 aliphatic heterocycles. The monoisotopic (exact) mass is 537 g/mol. The summed E-state index contributed by atoms with van der Waals surface area (Å²) in [6.07, 6.45) is 1.67. The molecule has 0 fully saturated rings. The van der Waals surface area contributed by atoms with Crippen LogP contribution in [-0.4, -0.2) is 22.4 Å². The summed E-state index contributed by atoms with van der Waals surface area (Å²) in [7, 11) is 0. The third-order valence-electron chi connectivity index (χ3n) is 5.49. The predicted molar refractivity (Wildman–Crippen MR) is 149 cm³/mol. The highest BCUT2D eigenvalue weighted by molar-refractivity contribution is 8.00. The number of nitrogens with one attached hydrogen (secondary N) is 1. The number of amides is 1. The van der Waals surface area contributed by atoms with Crippen LogP contribution in [0.4, 0.5) is 0 Å². The Bertz CT molecular complexity index is 1370. The van der Waals surface area contributed by atoms with E-state index in [1.165, 1.54) is 11.8 Å². The molecule has 0 aliphatic rings. The maximum absolute atomic E-state index is 12.2. The average molecular weight is 539 g/mol. The van der Waals surface area contributed by atoms with Gasteiger partial charge in [-0.2, -0.15) is 5.10 Å². The van der Waals surface area contributed by atoms with Crippen LogP contribution in [0.25, 0.3) is 5.69 Å². The van der Waals surface area contributed by atoms with Crippen molar-refractivity contribution in [2.24, 2.45) is 5.10 Å². The minimum Gasteiger partial charge on any atom is -0.489 e. The summed E-state index contributed by atoms with van der Waals surface area (Å²) in [4.78, 5) is 13.1. The second-order valence-corrected chi connectivity index (χ2v) is 9.96. The molecule has 0 saturated heterocycles. The zero-order chi connectivity index (χ0) is 25.5. The molecule has 0 saturated carbocycles. The number of hydrazone groups is 1. The smallest absolute Gasteiger partial charge is 0.250 e. The molecule has 0 atom stereocenters. The Morgan fingerprint density at radius 1 is 1.03 bits per heavy atom. The molecular weight excluding hydrogens is 513 g/mol. The summed E-state index contributed by atoms with van der Waals surface area (Å²) >= 11 is 13.5. The van der Waals surface area contributed by atoms with Gasteiger partial charge in [0.2, 0.25) is 5.91 Å². The highest BCUT2D eigenvalue weighted by Gasteiger charge is 2.10. The molecule has 3 aromatic carbocycles. The highest BCUT2D eigenvalue weighted by Crippen LogP contribution is 2.24. The number of aromatic nitrogens is 1. The van der Waals surface area contributed by atoms with E-state index in [1.807, 2.05) is 80.6 Å². The van der Waals surface area contributed by atoms with Crippen LogP contribution in [0.15, 0.2) is 88.9 Å². The summed E-state index contributed by atoms with van der Waals surface area (Å²) in [6, 6.07) is 25.0. The molecule has 1 heterocycles. The maximum Gasteiger partial charge on any atom is 0.250 e. The summed E-state index contributed by atoms with van der Waals surface area (Å²) in [5, 5.41) is 5.51. The number of halogens is 2. The number of nitrogens with zero attached hydrogens (tertiary/aromatic N) is 2. The van der Waals surface area contributed by atoms with Gasteiger partial charge in [-0.1, -0.05) is 41.4 Å². The fourth-order valence-corrected chi connectivity index (χ4v) is 4.68. The molecule has 5 nitrogen and oxygen atoms in total. The summed E-state index contributed by atoms with van der Waals surface area (Å²) < 4.78 is 8.03. The van der Waals surface area contributed by atoms with Crippen LogP contribution < -0.4 is 10.2 Å². The zero-order valence-corrected chi connectivity index (χ0v) is 22.2. The first-order chi connectivity index (χ1) is 17.4. The van der Waals surface area contributed by atoms with E-state index in [4.69, 9.17) is 27.9 Å². The summed E-state index contributed by atoms with van der Waals surface area (Å²) in [5.74, 6) is 0.859. The van der Waals surface area contributed by atoms with Gasteiger partial charge < -0.3 is 9.30 Å². The van der Waals surface area contributed by atoms with Crippen molar-refractivity contribution in [3.05, 3.63) is 111 Å². The molecule has 0 radical (unpaired) electrons. The van der Waals surface area contributed by atoms with Gasteiger partial charge in [0, 0.05) is 43.1 Å². The molecule has 0 aliphatic carbocycles. The number of hydrogen-bond donors (Lipinski definition) is 1. The number of rotatable bonds is 9. The van der Waals surface area contributed by atoms with Crippen molar-refractivity contribution in [2.45, 2.75) is 25.3 Å². The van der Waals surface area contributed by atoms with Crippen LogP contribution >= 0.6 is 35.0 Å². The van der Waals surface area contributed by atoms with E-state index in [2.05, 4.69) is 15.1 Å². The van der Waals surface area contributed by atoms with Crippen molar-refractivity contribution >= 4 is 47.1 Å². The number of ether oxygens (including phenoxy) is 1. The van der Waals surface area contributed by atoms with Gasteiger partial charge in [-0.25, -0.2) is 5.43 Å². The van der Waals surface area contributed by atoms with Crippen molar-refractivity contribution in [1.29, 1.82) is 0 Å². The lowest BCUT2D eigenvalue weighted by Gasteiger charge is -2.12. The average Bonchev–Trinajstić information content (AvgIpc) is 3.16. The summed E-state index contributed by atoms with van der Waals surface area (Å²) in [5.41, 5.74) is 7.56. The van der Waals surface area contributed by atoms with E-state index in [0.29, 0.717) is 16.7 Å². The maximum atomic E-state index is 12.2. The third-order valence-corrected chi connectivity index (χ3v) is 7.13. The topological polar surface area (TPSA) is 55.6 Å². The van der Waals surface area contributed by atoms with Crippen molar-refractivity contribution in [3.63, 3.8) is 0 Å². The summed E-state index contributed by atoms with van der Waals surface area (Å²) in [6.45, 7) is 4.47. The van der Waals surface area contributed by atoms with Gasteiger partial charge in [-0.3, -0.25) is 4.79 Å². The second kappa shape index (κ2) is 12.2. The van der Waals surface area contributed by atoms with E-state index in [9.17, 15) is 4.79 Å². The molecule has 4 rings (SSSR count). The lowest BCUT2D eigenvalue weighted by atomic mass is 10.2. The van der Waals surface area contributed by atoms with E-state index >= 15 is 0 Å². The number of aryl methyl sites for hydroxylation is 1. The van der Waals surface area contributed by atoms with E-state index in [-0.39, 0.29) is 11.7 Å². The van der Waals surface area contributed by atoms with Gasteiger partial charge in [-0.05, 0) is 74.5 Å². The van der Waals surface area contributed by atoms with Crippen LogP contribution in [0, 0.1) is 13.8 Å². The van der Waals surface area contributed by atoms with Crippen LogP contribution in [0.5, 0.6) is 5.75 Å². The molecule has 1 amide bonds. The van der Waals surface area contributed by atoms with Crippen molar-refractivity contribution < 1.29 is 9.53 Å². The molecule has 36 heavy (non-hydrogen) atoms. The third kappa shape index (κ3) is 6.72. The van der Waals surface area contributed by atoms with Gasteiger partial charge in [0.1, 0.15) is 12.4 Å². The first kappa shape index (κ1) is 25.9. The Hall–Kier alpha value is -3.19. The fraction of sp³-hybridized carbons (Fsp3) is 0.143. The van der Waals surface area contributed by atoms with Crippen molar-refractivity contribution in [3.8, 4) is 11.4 Å². The fourth-order valence-electron chi connectivity index (χ4n) is 3.67. The minimum atomic E-state index is -0.174. The standard InChI is InChI=1S/C28H25Cl2N3O2S/c1-19-15-22(16-31-32-28(34)18-36-26-13-7-23(29)8-14-26)20(2)33(19)24-9-11-25(12-10-24)35-17-21-5-3-4-6-27(21)30/h3-16H,17-18H2,1-2H3,(H,32,34)/b31-16-. The SMILES string of the molecule is Cc1cc(/C=N\NC(=O)CSc2ccc(Cl)cc2)c(C)n1-c1ccc(OCc2ccccc2Cl)cc1. The van der Waals surface area contributed by atoms with Gasteiger partial charge in [0.25, 0.3) is 0 Å². The van der Waals surface area contributed by atoms with Crippen LogP contribution in [-0.2, 0) is 11.4 Å². The number of benzene rings is 3. The molecule has 0 unspecified atom stereocenters. The predicted octanol–water partition coefficient (Wildman–Crippen LogP) is 7.22. The largest absolute Gasteiger partial charge is 0.489 e. The lowest BCUT2D eigenvalue weighted by molar-refractivity contribution is -0.118. The molecule has 8 heteroatoms.